The second-order valence-electron chi connectivity index (χ2n) is 7.12. The Bertz CT molecular complexity index is 1270. The summed E-state index contributed by atoms with van der Waals surface area (Å²) in [6.07, 6.45) is -0.550. The molecule has 0 amide bonds. The van der Waals surface area contributed by atoms with Crippen LogP contribution < -0.4 is 16.6 Å². The van der Waals surface area contributed by atoms with Gasteiger partial charge in [0.25, 0.3) is 0 Å². The third kappa shape index (κ3) is 5.23. The van der Waals surface area contributed by atoms with Crippen molar-refractivity contribution in [2.45, 2.75) is 11.9 Å². The van der Waals surface area contributed by atoms with Crippen molar-refractivity contribution in [3.8, 4) is 17.2 Å². The molecule has 0 fully saturated rings. The Hall–Kier alpha value is -4.06. The van der Waals surface area contributed by atoms with Gasteiger partial charge in [-0.3, -0.25) is 5.84 Å². The molecule has 1 atom stereocenters. The number of nitrogens with zero attached hydrogens (tertiary/aromatic N) is 5. The summed E-state index contributed by atoms with van der Waals surface area (Å²) < 4.78 is 0. The van der Waals surface area contributed by atoms with Gasteiger partial charge in [0.15, 0.2) is 5.17 Å². The summed E-state index contributed by atoms with van der Waals surface area (Å²) in [6, 6.07) is 27.6. The lowest BCUT2D eigenvalue weighted by Crippen LogP contribution is -2.50. The Labute approximate surface area is 195 Å². The van der Waals surface area contributed by atoms with Gasteiger partial charge in [0.2, 0.25) is 0 Å². The van der Waals surface area contributed by atoms with Crippen molar-refractivity contribution in [3.05, 3.63) is 106 Å². The van der Waals surface area contributed by atoms with E-state index in [1.807, 2.05) is 54.6 Å². The van der Waals surface area contributed by atoms with Crippen LogP contribution in [0.4, 0.5) is 5.69 Å². The molecule has 0 saturated heterocycles. The molecule has 8 nitrogen and oxygen atoms in total. The minimum absolute atomic E-state index is 0.424. The third-order valence-electron chi connectivity index (χ3n) is 5.05. The second kappa shape index (κ2) is 10.5. The number of nitriles is 1. The molecule has 1 heterocycles. The fourth-order valence-electron chi connectivity index (χ4n) is 3.38. The lowest BCUT2D eigenvalue weighted by molar-refractivity contribution is 0.573. The van der Waals surface area contributed by atoms with E-state index in [-0.39, 0.29) is 0 Å². The molecule has 4 rings (SSSR count). The number of aliphatic imine (C=N–C) groups is 1. The fourth-order valence-corrected chi connectivity index (χ4v) is 4.23. The van der Waals surface area contributed by atoms with Crippen LogP contribution in [0.2, 0.25) is 0 Å². The Kier molecular flexibility index (Phi) is 7.05. The largest absolute Gasteiger partial charge is 0.344 e. The molecule has 0 aromatic heterocycles. The van der Waals surface area contributed by atoms with E-state index >= 15 is 0 Å². The summed E-state index contributed by atoms with van der Waals surface area (Å²) in [5.41, 5.74) is 16.9. The number of amidine groups is 1. The minimum atomic E-state index is -0.550. The molecule has 1 aliphatic rings. The number of nitrogens with two attached hydrogens (primary N) is 1. The number of hydrogen-bond donors (Lipinski definition) is 3. The van der Waals surface area contributed by atoms with Gasteiger partial charge in [-0.05, 0) is 22.2 Å². The Balaban J connectivity index is 1.58. The van der Waals surface area contributed by atoms with Gasteiger partial charge in [0.1, 0.15) is 12.2 Å². The van der Waals surface area contributed by atoms with E-state index in [2.05, 4.69) is 39.0 Å². The number of hydrogen-bond acceptors (Lipinski definition) is 7. The SMILES string of the molecule is N#CC1=C(c2ccc(-c3ccccc3)cc2)N=C(SCc2ccc(N=[N+]=[N-])cc2)NC1NN. The van der Waals surface area contributed by atoms with E-state index in [1.165, 1.54) is 11.8 Å². The van der Waals surface area contributed by atoms with Crippen molar-refractivity contribution in [1.29, 1.82) is 5.26 Å². The molecule has 0 aliphatic carbocycles. The number of nitrogens with one attached hydrogen (secondary N) is 2. The lowest BCUT2D eigenvalue weighted by atomic mass is 10.00. The monoisotopic (exact) mass is 452 g/mol. The van der Waals surface area contributed by atoms with Crippen molar-refractivity contribution < 1.29 is 0 Å². The molecule has 3 aromatic carbocycles. The zero-order valence-electron chi connectivity index (χ0n) is 17.5. The van der Waals surface area contributed by atoms with Crippen molar-refractivity contribution in [2.75, 3.05) is 0 Å². The molecule has 0 bridgehead atoms. The van der Waals surface area contributed by atoms with Crippen LogP contribution in [0, 0.1) is 11.3 Å². The molecule has 162 valence electrons. The Morgan fingerprint density at radius 2 is 1.70 bits per heavy atom. The zero-order chi connectivity index (χ0) is 23.0. The predicted octanol–water partition coefficient (Wildman–Crippen LogP) is 5.21. The summed E-state index contributed by atoms with van der Waals surface area (Å²) >= 11 is 1.50. The summed E-state index contributed by atoms with van der Waals surface area (Å²) in [7, 11) is 0. The highest BCUT2D eigenvalue weighted by atomic mass is 32.2. The first-order chi connectivity index (χ1) is 16.2. The molecule has 0 radical (unpaired) electrons. The molecule has 3 aromatic rings. The quantitative estimate of drug-likeness (QED) is 0.155. The summed E-state index contributed by atoms with van der Waals surface area (Å²) in [6.45, 7) is 0. The van der Waals surface area contributed by atoms with Gasteiger partial charge in [0.05, 0.1) is 11.3 Å². The van der Waals surface area contributed by atoms with Crippen molar-refractivity contribution in [2.24, 2.45) is 15.9 Å². The maximum Gasteiger partial charge on any atom is 0.163 e. The standard InChI is InChI=1S/C24H20N8S/c25-14-21-22(19-10-8-18(9-11-19)17-4-2-1-3-5-17)28-24(29-23(21)30-26)33-15-16-6-12-20(13-7-16)31-32-27/h1-13,23,30H,15,26H2,(H,28,29). The normalized spacial score (nSPS) is 15.2. The number of rotatable bonds is 6. The number of thioether (sulfide) groups is 1. The number of hydrazine groups is 1. The average Bonchev–Trinajstić information content (AvgIpc) is 2.88. The maximum absolute atomic E-state index is 9.77. The van der Waals surface area contributed by atoms with E-state index in [4.69, 9.17) is 16.4 Å². The van der Waals surface area contributed by atoms with Crippen LogP contribution in [0.3, 0.4) is 0 Å². The second-order valence-corrected chi connectivity index (χ2v) is 8.09. The van der Waals surface area contributed by atoms with Crippen LogP contribution in [0.25, 0.3) is 27.3 Å². The van der Waals surface area contributed by atoms with Crippen LogP contribution in [-0.4, -0.2) is 11.3 Å². The predicted molar refractivity (Wildman–Crippen MR) is 133 cm³/mol. The molecule has 1 aliphatic heterocycles. The highest BCUT2D eigenvalue weighted by molar-refractivity contribution is 8.13. The third-order valence-corrected chi connectivity index (χ3v) is 6.01. The summed E-state index contributed by atoms with van der Waals surface area (Å²) in [5.74, 6) is 6.36. The minimum Gasteiger partial charge on any atom is -0.344 e. The summed E-state index contributed by atoms with van der Waals surface area (Å²) in [4.78, 5) is 7.52. The van der Waals surface area contributed by atoms with Gasteiger partial charge in [-0.2, -0.15) is 5.26 Å². The molecule has 0 saturated carbocycles. The van der Waals surface area contributed by atoms with E-state index in [9.17, 15) is 5.26 Å². The van der Waals surface area contributed by atoms with Crippen LogP contribution in [0.15, 0.2) is 94.5 Å². The van der Waals surface area contributed by atoms with Gasteiger partial charge in [-0.25, -0.2) is 10.4 Å². The highest BCUT2D eigenvalue weighted by Gasteiger charge is 2.25. The maximum atomic E-state index is 9.77. The van der Waals surface area contributed by atoms with Crippen molar-refractivity contribution in [1.82, 2.24) is 10.7 Å². The number of benzene rings is 3. The molecule has 1 unspecified atom stereocenters. The van der Waals surface area contributed by atoms with Crippen LogP contribution in [0.1, 0.15) is 11.1 Å². The lowest BCUT2D eigenvalue weighted by Gasteiger charge is -2.25. The first-order valence-corrected chi connectivity index (χ1v) is 11.1. The van der Waals surface area contributed by atoms with Gasteiger partial charge < -0.3 is 5.32 Å². The van der Waals surface area contributed by atoms with Crippen molar-refractivity contribution >= 4 is 28.3 Å². The van der Waals surface area contributed by atoms with Gasteiger partial charge >= 0.3 is 0 Å². The molecule has 4 N–H and O–H groups in total. The Morgan fingerprint density at radius 1 is 1.03 bits per heavy atom. The van der Waals surface area contributed by atoms with Gasteiger partial charge in [0, 0.05) is 21.9 Å². The Morgan fingerprint density at radius 3 is 2.33 bits per heavy atom. The van der Waals surface area contributed by atoms with E-state index in [1.54, 1.807) is 12.1 Å². The van der Waals surface area contributed by atoms with Crippen LogP contribution in [-0.2, 0) is 5.75 Å². The van der Waals surface area contributed by atoms with Crippen molar-refractivity contribution in [3.63, 3.8) is 0 Å². The molecular weight excluding hydrogens is 432 g/mol. The molecule has 0 spiro atoms. The van der Waals surface area contributed by atoms with Crippen LogP contribution in [0.5, 0.6) is 0 Å². The van der Waals surface area contributed by atoms with Gasteiger partial charge in [-0.15, -0.1) is 0 Å². The molecule has 9 heteroatoms. The smallest absolute Gasteiger partial charge is 0.163 e. The average molecular weight is 453 g/mol. The van der Waals surface area contributed by atoms with E-state index in [0.29, 0.717) is 27.9 Å². The first kappa shape index (κ1) is 22.1. The zero-order valence-corrected chi connectivity index (χ0v) is 18.3. The first-order valence-electron chi connectivity index (χ1n) is 10.1. The topological polar surface area (TPSA) is 135 Å². The van der Waals surface area contributed by atoms with E-state index < -0.39 is 6.17 Å². The summed E-state index contributed by atoms with van der Waals surface area (Å²) in [5, 5.41) is 17.2. The van der Waals surface area contributed by atoms with Gasteiger partial charge in [-0.1, -0.05) is 95.7 Å². The van der Waals surface area contributed by atoms with Crippen LogP contribution >= 0.6 is 11.8 Å². The molecular formula is C24H20N8S. The molecule has 33 heavy (non-hydrogen) atoms. The van der Waals surface area contributed by atoms with E-state index in [0.717, 1.165) is 22.3 Å². The number of azide groups is 1. The highest BCUT2D eigenvalue weighted by Crippen LogP contribution is 2.29. The fraction of sp³-hybridized carbons (Fsp3) is 0.0833.